The third kappa shape index (κ3) is 4.91. The van der Waals surface area contributed by atoms with Crippen molar-refractivity contribution in [2.75, 3.05) is 6.61 Å². The van der Waals surface area contributed by atoms with Crippen molar-refractivity contribution in [3.63, 3.8) is 0 Å². The van der Waals surface area contributed by atoms with Crippen molar-refractivity contribution in [1.29, 1.82) is 0 Å². The molecule has 4 unspecified atom stereocenters. The molecule has 0 aliphatic carbocycles. The summed E-state index contributed by atoms with van der Waals surface area (Å²) in [6.45, 7) is 13.8. The highest BCUT2D eigenvalue weighted by Gasteiger charge is 2.52. The second-order valence-corrected chi connectivity index (χ2v) is 14.1. The molecule has 0 saturated carbocycles. The van der Waals surface area contributed by atoms with Crippen molar-refractivity contribution in [3.05, 3.63) is 73.3 Å². The van der Waals surface area contributed by atoms with Gasteiger partial charge in [0, 0.05) is 0 Å². The summed E-state index contributed by atoms with van der Waals surface area (Å²) < 4.78 is 18.6. The molecule has 2 aromatic carbocycles. The number of benzene rings is 2. The molecule has 1 aliphatic rings. The van der Waals surface area contributed by atoms with Gasteiger partial charge in [-0.2, -0.15) is 0 Å². The second kappa shape index (κ2) is 9.59. The quantitative estimate of drug-likeness (QED) is 0.472. The van der Waals surface area contributed by atoms with Crippen LogP contribution in [0.2, 0.25) is 5.04 Å². The van der Waals surface area contributed by atoms with Gasteiger partial charge in [0.15, 0.2) is 5.79 Å². The average molecular weight is 457 g/mol. The third-order valence-corrected chi connectivity index (χ3v) is 11.0. The Morgan fingerprint density at radius 2 is 1.44 bits per heavy atom. The zero-order valence-electron chi connectivity index (χ0n) is 19.7. The molecule has 4 atom stereocenters. The van der Waals surface area contributed by atoms with Crippen molar-refractivity contribution in [1.82, 2.24) is 0 Å². The zero-order valence-corrected chi connectivity index (χ0v) is 20.7. The zero-order chi connectivity index (χ0) is 23.6. The summed E-state index contributed by atoms with van der Waals surface area (Å²) in [6, 6.07) is 20.5. The van der Waals surface area contributed by atoms with E-state index in [-0.39, 0.29) is 11.6 Å². The molecule has 0 bridgehead atoms. The fourth-order valence-electron chi connectivity index (χ4n) is 4.58. The van der Waals surface area contributed by atoms with Crippen molar-refractivity contribution >= 4 is 18.7 Å². The van der Waals surface area contributed by atoms with E-state index < -0.39 is 38.5 Å². The van der Waals surface area contributed by atoms with Gasteiger partial charge in [0.05, 0.1) is 6.61 Å². The standard InChI is InChI=1S/C26H36O5Si/c1-7-21(27)23-24(31-26(5,6)30-23)22(28)18-29-32(25(2,3)4,19-14-10-8-11-15-19)20-16-12-9-13-17-20/h7-17,21-24,27-28H,1,18H2,2-6H3. The molecule has 174 valence electrons. The monoisotopic (exact) mass is 456 g/mol. The van der Waals surface area contributed by atoms with Gasteiger partial charge in [-0.1, -0.05) is 87.5 Å². The summed E-state index contributed by atoms with van der Waals surface area (Å²) in [5.41, 5.74) is 0. The number of ether oxygens (including phenoxy) is 2. The van der Waals surface area contributed by atoms with Gasteiger partial charge in [-0.15, -0.1) is 6.58 Å². The van der Waals surface area contributed by atoms with E-state index >= 15 is 0 Å². The van der Waals surface area contributed by atoms with E-state index in [1.165, 1.54) is 6.08 Å². The maximum Gasteiger partial charge on any atom is 0.261 e. The first-order valence-corrected chi connectivity index (χ1v) is 13.0. The average Bonchev–Trinajstić information content (AvgIpc) is 3.09. The van der Waals surface area contributed by atoms with E-state index in [1.54, 1.807) is 13.8 Å². The molecule has 1 aliphatic heterocycles. The minimum atomic E-state index is -2.80. The highest BCUT2D eigenvalue weighted by molar-refractivity contribution is 6.99. The van der Waals surface area contributed by atoms with Crippen LogP contribution in [0.25, 0.3) is 0 Å². The van der Waals surface area contributed by atoms with Crippen LogP contribution in [-0.2, 0) is 13.9 Å². The van der Waals surface area contributed by atoms with Crippen molar-refractivity contribution in [2.24, 2.45) is 0 Å². The normalized spacial score (nSPS) is 23.0. The first-order valence-electron chi connectivity index (χ1n) is 11.1. The summed E-state index contributed by atoms with van der Waals surface area (Å²) >= 11 is 0. The van der Waals surface area contributed by atoms with Crippen LogP contribution in [0.5, 0.6) is 0 Å². The van der Waals surface area contributed by atoms with Crippen LogP contribution >= 0.6 is 0 Å². The van der Waals surface area contributed by atoms with Gasteiger partial charge in [-0.05, 0) is 29.3 Å². The largest absolute Gasteiger partial charge is 0.405 e. The Kier molecular flexibility index (Phi) is 7.44. The van der Waals surface area contributed by atoms with Gasteiger partial charge in [0.2, 0.25) is 0 Å². The summed E-state index contributed by atoms with van der Waals surface area (Å²) in [4.78, 5) is 0. The lowest BCUT2D eigenvalue weighted by molar-refractivity contribution is -0.160. The van der Waals surface area contributed by atoms with Gasteiger partial charge in [0.25, 0.3) is 8.32 Å². The first kappa shape index (κ1) is 24.8. The Bertz CT molecular complexity index is 839. The fraction of sp³-hybridized carbons (Fsp3) is 0.462. The van der Waals surface area contributed by atoms with E-state index in [9.17, 15) is 10.2 Å². The summed E-state index contributed by atoms with van der Waals surface area (Å²) in [5.74, 6) is -0.919. The maximum absolute atomic E-state index is 11.2. The van der Waals surface area contributed by atoms with Gasteiger partial charge < -0.3 is 24.1 Å². The Morgan fingerprint density at radius 1 is 0.969 bits per heavy atom. The molecule has 5 nitrogen and oxygen atoms in total. The van der Waals surface area contributed by atoms with Crippen LogP contribution in [0, 0.1) is 0 Å². The number of hydrogen-bond acceptors (Lipinski definition) is 5. The topological polar surface area (TPSA) is 68.2 Å². The van der Waals surface area contributed by atoms with Crippen LogP contribution in [0.4, 0.5) is 0 Å². The molecule has 2 N–H and O–H groups in total. The van der Waals surface area contributed by atoms with Gasteiger partial charge in [-0.3, -0.25) is 0 Å². The molecule has 3 rings (SSSR count). The van der Waals surface area contributed by atoms with E-state index in [2.05, 4.69) is 51.6 Å². The fourth-order valence-corrected chi connectivity index (χ4v) is 9.16. The molecule has 1 saturated heterocycles. The lowest BCUT2D eigenvalue weighted by atomic mass is 10.0. The van der Waals surface area contributed by atoms with E-state index in [4.69, 9.17) is 13.9 Å². The van der Waals surface area contributed by atoms with Gasteiger partial charge in [0.1, 0.15) is 24.4 Å². The highest BCUT2D eigenvalue weighted by atomic mass is 28.4. The molecule has 2 aromatic rings. The maximum atomic E-state index is 11.2. The SMILES string of the molecule is C=CC(O)C1OC(C)(C)OC1C(O)CO[Si](c1ccccc1)(c1ccccc1)C(C)(C)C. The molecule has 1 heterocycles. The minimum Gasteiger partial charge on any atom is -0.405 e. The summed E-state index contributed by atoms with van der Waals surface area (Å²) in [7, 11) is -2.80. The number of rotatable bonds is 8. The summed E-state index contributed by atoms with van der Waals surface area (Å²) in [5, 5.41) is 23.6. The first-order chi connectivity index (χ1) is 15.0. The van der Waals surface area contributed by atoms with Crippen molar-refractivity contribution < 1.29 is 24.1 Å². The molecular formula is C26H36O5Si. The smallest absolute Gasteiger partial charge is 0.261 e. The Morgan fingerprint density at radius 3 is 1.88 bits per heavy atom. The third-order valence-electron chi connectivity index (χ3n) is 6.01. The summed E-state index contributed by atoms with van der Waals surface area (Å²) in [6.07, 6.45) is -2.00. The Labute approximate surface area is 192 Å². The Hall–Kier alpha value is -1.80. The van der Waals surface area contributed by atoms with Crippen LogP contribution in [0.15, 0.2) is 73.3 Å². The number of aliphatic hydroxyl groups excluding tert-OH is 2. The molecule has 0 aromatic heterocycles. The molecule has 6 heteroatoms. The van der Waals surface area contributed by atoms with Crippen LogP contribution in [0.3, 0.4) is 0 Å². The van der Waals surface area contributed by atoms with Gasteiger partial charge >= 0.3 is 0 Å². The lowest BCUT2D eigenvalue weighted by Gasteiger charge is -2.43. The molecular weight excluding hydrogens is 420 g/mol. The van der Waals surface area contributed by atoms with E-state index in [1.807, 2.05) is 36.4 Å². The predicted molar refractivity (Wildman–Crippen MR) is 130 cm³/mol. The molecule has 1 fully saturated rings. The van der Waals surface area contributed by atoms with Crippen LogP contribution < -0.4 is 10.4 Å². The second-order valence-electron chi connectivity index (χ2n) is 9.83. The van der Waals surface area contributed by atoms with Crippen molar-refractivity contribution in [3.8, 4) is 0 Å². The Balaban J connectivity index is 1.97. The van der Waals surface area contributed by atoms with E-state index in [0.717, 1.165) is 10.4 Å². The van der Waals surface area contributed by atoms with E-state index in [0.29, 0.717) is 0 Å². The van der Waals surface area contributed by atoms with Crippen LogP contribution in [-0.4, -0.2) is 55.3 Å². The highest BCUT2D eigenvalue weighted by Crippen LogP contribution is 2.38. The molecule has 0 spiro atoms. The molecule has 32 heavy (non-hydrogen) atoms. The van der Waals surface area contributed by atoms with Crippen LogP contribution in [0.1, 0.15) is 34.6 Å². The minimum absolute atomic E-state index is 0.0533. The number of hydrogen-bond donors (Lipinski definition) is 2. The predicted octanol–water partition coefficient (Wildman–Crippen LogP) is 2.99. The lowest BCUT2D eigenvalue weighted by Crippen LogP contribution is -2.67. The van der Waals surface area contributed by atoms with Gasteiger partial charge in [-0.25, -0.2) is 0 Å². The molecule has 0 amide bonds. The molecule has 0 radical (unpaired) electrons. The van der Waals surface area contributed by atoms with Crippen molar-refractivity contribution in [2.45, 2.75) is 69.9 Å². The number of aliphatic hydroxyl groups is 2.